The Morgan fingerprint density at radius 3 is 2.55 bits per heavy atom. The van der Waals surface area contributed by atoms with Gasteiger partial charge in [0.25, 0.3) is 0 Å². The number of aromatic nitrogens is 2. The molecule has 1 N–H and O–H groups in total. The number of likely N-dealkylation sites (tertiary alicyclic amines) is 1. The molecule has 1 aliphatic heterocycles. The Bertz CT molecular complexity index is 1070. The number of aryl methyl sites for hydroxylation is 1. The van der Waals surface area contributed by atoms with E-state index in [1.54, 1.807) is 4.90 Å². The Balaban J connectivity index is 1.49. The Kier molecular flexibility index (Phi) is 6.07. The molecule has 0 radical (unpaired) electrons. The number of amides is 2. The fraction of sp³-hybridized carbons (Fsp3) is 0.400. The fourth-order valence-corrected chi connectivity index (χ4v) is 4.37. The number of hydrogen-bond donors (Lipinski definition) is 1. The molecule has 1 saturated heterocycles. The summed E-state index contributed by atoms with van der Waals surface area (Å²) in [5.74, 6) is 0.882. The van der Waals surface area contributed by atoms with Crippen LogP contribution in [0.2, 0.25) is 0 Å². The van der Waals surface area contributed by atoms with E-state index in [2.05, 4.69) is 23.7 Å². The van der Waals surface area contributed by atoms with E-state index < -0.39 is 0 Å². The Hall–Kier alpha value is -3.15. The van der Waals surface area contributed by atoms with Crippen molar-refractivity contribution in [1.82, 2.24) is 19.8 Å². The summed E-state index contributed by atoms with van der Waals surface area (Å²) in [6, 6.07) is 17.7. The first-order chi connectivity index (χ1) is 14.9. The van der Waals surface area contributed by atoms with Gasteiger partial charge in [0, 0.05) is 26.6 Å². The van der Waals surface area contributed by atoms with Crippen LogP contribution in [0.1, 0.15) is 44.1 Å². The average molecular weight is 419 g/mol. The lowest BCUT2D eigenvalue weighted by Crippen LogP contribution is -2.37. The van der Waals surface area contributed by atoms with Gasteiger partial charge in [0.15, 0.2) is 0 Å². The molecule has 1 aliphatic rings. The van der Waals surface area contributed by atoms with E-state index in [0.29, 0.717) is 19.0 Å². The highest BCUT2D eigenvalue weighted by molar-refractivity contribution is 5.89. The van der Waals surface area contributed by atoms with Crippen LogP contribution in [0, 0.1) is 11.8 Å². The molecular formula is C25H30N4O2. The SMILES string of the molecule is CC(C)C[C@H](NC(=O)[C@@H]1CC(=O)N(Cc2ccccc2)C1)c1nc2ccccc2n1C. The predicted octanol–water partition coefficient (Wildman–Crippen LogP) is 3.83. The van der Waals surface area contributed by atoms with Crippen LogP contribution in [0.4, 0.5) is 0 Å². The lowest BCUT2D eigenvalue weighted by molar-refractivity contribution is -0.129. The summed E-state index contributed by atoms with van der Waals surface area (Å²) in [7, 11) is 1.99. The van der Waals surface area contributed by atoms with Crippen molar-refractivity contribution in [3.05, 3.63) is 66.0 Å². The third kappa shape index (κ3) is 4.63. The van der Waals surface area contributed by atoms with Gasteiger partial charge in [0.2, 0.25) is 11.8 Å². The Labute approximate surface area is 183 Å². The number of imidazole rings is 1. The van der Waals surface area contributed by atoms with Crippen LogP contribution in [0.25, 0.3) is 11.0 Å². The molecule has 2 heterocycles. The average Bonchev–Trinajstić information content (AvgIpc) is 3.28. The van der Waals surface area contributed by atoms with Gasteiger partial charge in [-0.2, -0.15) is 0 Å². The minimum absolute atomic E-state index is 0.0344. The molecule has 0 unspecified atom stereocenters. The number of nitrogens with one attached hydrogen (secondary N) is 1. The van der Waals surface area contributed by atoms with Crippen molar-refractivity contribution in [2.24, 2.45) is 18.9 Å². The number of fused-ring (bicyclic) bond motifs is 1. The molecule has 0 saturated carbocycles. The van der Waals surface area contributed by atoms with Gasteiger partial charge in [-0.25, -0.2) is 4.98 Å². The number of carbonyl (C=O) groups excluding carboxylic acids is 2. The van der Waals surface area contributed by atoms with Gasteiger partial charge in [0.05, 0.1) is 23.0 Å². The third-order valence-corrected chi connectivity index (χ3v) is 5.96. The second kappa shape index (κ2) is 8.92. The Morgan fingerprint density at radius 2 is 1.84 bits per heavy atom. The van der Waals surface area contributed by atoms with E-state index in [1.807, 2.05) is 61.6 Å². The Morgan fingerprint density at radius 1 is 1.13 bits per heavy atom. The van der Waals surface area contributed by atoms with E-state index in [-0.39, 0.29) is 30.2 Å². The molecule has 0 spiro atoms. The highest BCUT2D eigenvalue weighted by atomic mass is 16.2. The summed E-state index contributed by atoms with van der Waals surface area (Å²) in [6.45, 7) is 5.28. The summed E-state index contributed by atoms with van der Waals surface area (Å²) >= 11 is 0. The molecule has 6 nitrogen and oxygen atoms in total. The van der Waals surface area contributed by atoms with Gasteiger partial charge in [-0.15, -0.1) is 0 Å². The number of para-hydroxylation sites is 2. The molecule has 6 heteroatoms. The van der Waals surface area contributed by atoms with Gasteiger partial charge < -0.3 is 14.8 Å². The van der Waals surface area contributed by atoms with Crippen LogP contribution in [0.5, 0.6) is 0 Å². The smallest absolute Gasteiger partial charge is 0.226 e. The molecule has 1 aromatic heterocycles. The second-order valence-electron chi connectivity index (χ2n) is 8.87. The minimum atomic E-state index is -0.333. The number of rotatable bonds is 7. The highest BCUT2D eigenvalue weighted by Crippen LogP contribution is 2.26. The van der Waals surface area contributed by atoms with Gasteiger partial charge >= 0.3 is 0 Å². The molecule has 2 amide bonds. The van der Waals surface area contributed by atoms with Crippen molar-refractivity contribution < 1.29 is 9.59 Å². The van der Waals surface area contributed by atoms with E-state index in [0.717, 1.165) is 28.8 Å². The number of benzene rings is 2. The van der Waals surface area contributed by atoms with Crippen molar-refractivity contribution in [2.45, 2.75) is 39.3 Å². The first-order valence-corrected chi connectivity index (χ1v) is 11.0. The first kappa shape index (κ1) is 21.1. The topological polar surface area (TPSA) is 67.2 Å². The van der Waals surface area contributed by atoms with Crippen molar-refractivity contribution in [3.8, 4) is 0 Å². The normalized spacial score (nSPS) is 17.5. The lowest BCUT2D eigenvalue weighted by atomic mass is 10.0. The van der Waals surface area contributed by atoms with Gasteiger partial charge in [-0.3, -0.25) is 9.59 Å². The van der Waals surface area contributed by atoms with E-state index >= 15 is 0 Å². The van der Waals surface area contributed by atoms with Crippen LogP contribution >= 0.6 is 0 Å². The molecule has 162 valence electrons. The standard InChI is InChI=1S/C25H30N4O2/c1-17(2)13-21(24-26-20-11-7-8-12-22(20)28(24)3)27-25(31)19-14-23(30)29(16-19)15-18-9-5-4-6-10-18/h4-12,17,19,21H,13-16H2,1-3H3,(H,27,31)/t19-,21+/m1/s1. The maximum atomic E-state index is 13.2. The van der Waals surface area contributed by atoms with Crippen molar-refractivity contribution in [1.29, 1.82) is 0 Å². The molecule has 2 aromatic carbocycles. The molecule has 3 aromatic rings. The van der Waals surface area contributed by atoms with E-state index in [1.165, 1.54) is 0 Å². The summed E-state index contributed by atoms with van der Waals surface area (Å²) in [5.41, 5.74) is 3.05. The van der Waals surface area contributed by atoms with Crippen molar-refractivity contribution in [2.75, 3.05) is 6.54 Å². The molecule has 4 rings (SSSR count). The highest BCUT2D eigenvalue weighted by Gasteiger charge is 2.35. The molecule has 0 aliphatic carbocycles. The first-order valence-electron chi connectivity index (χ1n) is 11.0. The maximum absolute atomic E-state index is 13.2. The fourth-order valence-electron chi connectivity index (χ4n) is 4.37. The third-order valence-electron chi connectivity index (χ3n) is 5.96. The molecule has 1 fully saturated rings. The minimum Gasteiger partial charge on any atom is -0.346 e. The number of hydrogen-bond acceptors (Lipinski definition) is 3. The molecule has 0 bridgehead atoms. The van der Waals surface area contributed by atoms with E-state index in [4.69, 9.17) is 4.98 Å². The van der Waals surface area contributed by atoms with Crippen molar-refractivity contribution >= 4 is 22.8 Å². The molecule has 31 heavy (non-hydrogen) atoms. The largest absolute Gasteiger partial charge is 0.346 e. The molecular weight excluding hydrogens is 388 g/mol. The predicted molar refractivity (Wildman–Crippen MR) is 121 cm³/mol. The number of nitrogens with zero attached hydrogens (tertiary/aromatic N) is 3. The quantitative estimate of drug-likeness (QED) is 0.634. The van der Waals surface area contributed by atoms with Crippen LogP contribution in [-0.4, -0.2) is 32.8 Å². The van der Waals surface area contributed by atoms with Crippen LogP contribution < -0.4 is 5.32 Å². The van der Waals surface area contributed by atoms with Gasteiger partial charge in [-0.05, 0) is 30.0 Å². The van der Waals surface area contributed by atoms with E-state index in [9.17, 15) is 9.59 Å². The zero-order valence-electron chi connectivity index (χ0n) is 18.4. The maximum Gasteiger partial charge on any atom is 0.226 e. The zero-order valence-corrected chi connectivity index (χ0v) is 18.4. The summed E-state index contributed by atoms with van der Waals surface area (Å²) < 4.78 is 2.06. The summed E-state index contributed by atoms with van der Waals surface area (Å²) in [5, 5.41) is 3.21. The van der Waals surface area contributed by atoms with Crippen LogP contribution in [0.15, 0.2) is 54.6 Å². The second-order valence-corrected chi connectivity index (χ2v) is 8.87. The van der Waals surface area contributed by atoms with Gasteiger partial charge in [0.1, 0.15) is 5.82 Å². The lowest BCUT2D eigenvalue weighted by Gasteiger charge is -2.22. The summed E-state index contributed by atoms with van der Waals surface area (Å²) in [4.78, 5) is 32.3. The number of carbonyl (C=O) groups is 2. The molecule has 2 atom stereocenters. The monoisotopic (exact) mass is 418 g/mol. The van der Waals surface area contributed by atoms with Gasteiger partial charge in [-0.1, -0.05) is 56.3 Å². The van der Waals surface area contributed by atoms with Crippen molar-refractivity contribution in [3.63, 3.8) is 0 Å². The van der Waals surface area contributed by atoms with Crippen LogP contribution in [-0.2, 0) is 23.2 Å². The summed E-state index contributed by atoms with van der Waals surface area (Å²) in [6.07, 6.45) is 1.05. The zero-order chi connectivity index (χ0) is 22.0. The van der Waals surface area contributed by atoms with Crippen LogP contribution in [0.3, 0.4) is 0 Å².